The fraction of sp³-hybridized carbons (Fsp3) is 0.636. The first-order valence-electron chi connectivity index (χ1n) is 10.5. The van der Waals surface area contributed by atoms with Gasteiger partial charge in [0, 0.05) is 57.5 Å². The largest absolute Gasteiger partial charge is 0.369 e. The van der Waals surface area contributed by atoms with E-state index in [1.54, 1.807) is 7.05 Å². The monoisotopic (exact) mass is 530 g/mol. The van der Waals surface area contributed by atoms with Crippen LogP contribution in [0.25, 0.3) is 0 Å². The van der Waals surface area contributed by atoms with E-state index < -0.39 is 0 Å². The van der Waals surface area contributed by atoms with Crippen LogP contribution in [0.2, 0.25) is 0 Å². The van der Waals surface area contributed by atoms with Crippen molar-refractivity contribution in [1.82, 2.24) is 20.9 Å². The number of halogens is 1. The van der Waals surface area contributed by atoms with Crippen molar-refractivity contribution in [3.63, 3.8) is 0 Å². The topological polar surface area (TPSA) is 72.0 Å². The number of anilines is 1. The number of piperazine rings is 1. The molecule has 3 N–H and O–H groups in total. The Bertz CT molecular complexity index is 708. The Hall–Kier alpha value is -1.55. The van der Waals surface area contributed by atoms with Gasteiger partial charge >= 0.3 is 0 Å². The quantitative estimate of drug-likeness (QED) is 0.299. The van der Waals surface area contributed by atoms with Crippen LogP contribution in [-0.2, 0) is 4.79 Å². The lowest BCUT2D eigenvalue weighted by Gasteiger charge is -2.37. The number of hydrogen-bond acceptors (Lipinski definition) is 4. The van der Waals surface area contributed by atoms with Gasteiger partial charge in [0.1, 0.15) is 0 Å². The normalized spacial score (nSPS) is 15.4. The molecule has 1 fully saturated rings. The summed E-state index contributed by atoms with van der Waals surface area (Å²) in [6, 6.07) is 6.55. The van der Waals surface area contributed by atoms with Crippen LogP contribution < -0.4 is 20.9 Å². The van der Waals surface area contributed by atoms with Crippen molar-refractivity contribution in [3.05, 3.63) is 29.3 Å². The number of carbonyl (C=O) groups excluding carboxylic acids is 1. The van der Waals surface area contributed by atoms with Crippen LogP contribution >= 0.6 is 24.0 Å². The highest BCUT2D eigenvalue weighted by Gasteiger charge is 2.18. The maximum atomic E-state index is 11.9. The lowest BCUT2D eigenvalue weighted by Crippen LogP contribution is -2.51. The highest BCUT2D eigenvalue weighted by Crippen LogP contribution is 2.23. The summed E-state index contributed by atoms with van der Waals surface area (Å²) in [5.74, 6) is 0.617. The molecule has 8 heteroatoms. The third kappa shape index (κ3) is 8.67. The van der Waals surface area contributed by atoms with Gasteiger partial charge in [0.05, 0.1) is 6.54 Å². The third-order valence-electron chi connectivity index (χ3n) is 5.16. The molecule has 0 radical (unpaired) electrons. The third-order valence-corrected chi connectivity index (χ3v) is 5.16. The van der Waals surface area contributed by atoms with Crippen LogP contribution in [0, 0.1) is 13.8 Å². The molecule has 1 aliphatic heterocycles. The Morgan fingerprint density at radius 3 is 2.37 bits per heavy atom. The molecule has 7 nitrogen and oxygen atoms in total. The number of aryl methyl sites for hydroxylation is 1. The van der Waals surface area contributed by atoms with Crippen molar-refractivity contribution in [3.8, 4) is 0 Å². The highest BCUT2D eigenvalue weighted by molar-refractivity contribution is 14.0. The van der Waals surface area contributed by atoms with Crippen molar-refractivity contribution < 1.29 is 4.79 Å². The molecule has 0 atom stereocenters. The zero-order valence-corrected chi connectivity index (χ0v) is 21.7. The Morgan fingerprint density at radius 2 is 1.77 bits per heavy atom. The number of nitrogens with zero attached hydrogens (tertiary/aromatic N) is 3. The van der Waals surface area contributed by atoms with E-state index in [4.69, 9.17) is 0 Å². The minimum atomic E-state index is -0.227. The summed E-state index contributed by atoms with van der Waals surface area (Å²) in [5.41, 5.74) is 3.87. The van der Waals surface area contributed by atoms with Crippen LogP contribution in [0.4, 0.5) is 5.69 Å². The fourth-order valence-corrected chi connectivity index (χ4v) is 3.47. The van der Waals surface area contributed by atoms with E-state index in [-0.39, 0.29) is 42.0 Å². The molecule has 1 aromatic rings. The molecule has 1 heterocycles. The zero-order chi connectivity index (χ0) is 21.4. The van der Waals surface area contributed by atoms with Crippen molar-refractivity contribution in [1.29, 1.82) is 0 Å². The maximum Gasteiger partial charge on any atom is 0.239 e. The van der Waals surface area contributed by atoms with Gasteiger partial charge in [0.15, 0.2) is 5.96 Å². The van der Waals surface area contributed by atoms with Crippen molar-refractivity contribution >= 4 is 41.5 Å². The van der Waals surface area contributed by atoms with Gasteiger partial charge in [-0.05, 0) is 51.8 Å². The first kappa shape index (κ1) is 26.5. The van der Waals surface area contributed by atoms with Gasteiger partial charge in [-0.15, -0.1) is 24.0 Å². The Labute approximate surface area is 199 Å². The smallest absolute Gasteiger partial charge is 0.239 e. The van der Waals surface area contributed by atoms with E-state index in [1.165, 1.54) is 16.8 Å². The van der Waals surface area contributed by atoms with E-state index in [2.05, 4.69) is 62.8 Å². The molecule has 1 saturated heterocycles. The molecule has 0 spiro atoms. The van der Waals surface area contributed by atoms with Gasteiger partial charge in [-0.25, -0.2) is 0 Å². The van der Waals surface area contributed by atoms with Crippen LogP contribution in [0.15, 0.2) is 23.2 Å². The summed E-state index contributed by atoms with van der Waals surface area (Å²) in [6.07, 6.45) is 0. The van der Waals surface area contributed by atoms with Gasteiger partial charge in [-0.3, -0.25) is 14.7 Å². The molecular formula is C22H39IN6O. The van der Waals surface area contributed by atoms with Gasteiger partial charge in [0.2, 0.25) is 5.91 Å². The van der Waals surface area contributed by atoms with E-state index in [1.807, 2.05) is 20.8 Å². The summed E-state index contributed by atoms with van der Waals surface area (Å²) < 4.78 is 0. The summed E-state index contributed by atoms with van der Waals surface area (Å²) in [5, 5.41) is 9.30. The molecule has 0 aliphatic carbocycles. The second-order valence-corrected chi connectivity index (χ2v) is 8.70. The van der Waals surface area contributed by atoms with E-state index in [9.17, 15) is 4.79 Å². The Morgan fingerprint density at radius 1 is 1.10 bits per heavy atom. The first-order chi connectivity index (χ1) is 13.7. The van der Waals surface area contributed by atoms with Crippen molar-refractivity contribution in [2.24, 2.45) is 4.99 Å². The summed E-state index contributed by atoms with van der Waals surface area (Å²) in [7, 11) is 1.72. The average molecular weight is 530 g/mol. The van der Waals surface area contributed by atoms with Gasteiger partial charge < -0.3 is 20.9 Å². The molecule has 2 rings (SSSR count). The second-order valence-electron chi connectivity index (χ2n) is 8.70. The predicted molar refractivity (Wildman–Crippen MR) is 137 cm³/mol. The minimum absolute atomic E-state index is 0. The number of aliphatic imine (C=N–C) groups is 1. The molecule has 0 unspecified atom stereocenters. The molecule has 0 aromatic heterocycles. The number of nitrogens with one attached hydrogen (secondary N) is 3. The van der Waals surface area contributed by atoms with Crippen molar-refractivity contribution in [2.75, 3.05) is 57.8 Å². The van der Waals surface area contributed by atoms with Gasteiger partial charge in [0.25, 0.3) is 0 Å². The van der Waals surface area contributed by atoms with Crippen LogP contribution in [0.3, 0.4) is 0 Å². The fourth-order valence-electron chi connectivity index (χ4n) is 3.47. The molecule has 170 valence electrons. The van der Waals surface area contributed by atoms with Crippen molar-refractivity contribution in [2.45, 2.75) is 40.2 Å². The van der Waals surface area contributed by atoms with E-state index in [0.29, 0.717) is 5.96 Å². The van der Waals surface area contributed by atoms with Gasteiger partial charge in [-0.2, -0.15) is 0 Å². The lowest BCUT2D eigenvalue weighted by molar-refractivity contribution is -0.121. The zero-order valence-electron chi connectivity index (χ0n) is 19.3. The first-order valence-corrected chi connectivity index (χ1v) is 10.5. The predicted octanol–water partition coefficient (Wildman–Crippen LogP) is 2.12. The second kappa shape index (κ2) is 12.3. The van der Waals surface area contributed by atoms with Crippen LogP contribution in [0.1, 0.15) is 31.9 Å². The number of carbonyl (C=O) groups is 1. The molecule has 1 amide bonds. The highest BCUT2D eigenvalue weighted by atomic mass is 127. The average Bonchev–Trinajstić information content (AvgIpc) is 2.66. The summed E-state index contributed by atoms with van der Waals surface area (Å²) in [6.45, 7) is 16.5. The number of benzene rings is 1. The maximum absolute atomic E-state index is 11.9. The number of amides is 1. The van der Waals surface area contributed by atoms with Crippen LogP contribution in [-0.4, -0.2) is 75.2 Å². The SMILES string of the molecule is CN=C(NCCN1CCN(c2cccc(C)c2C)CC1)NCC(=O)NC(C)(C)C.I. The molecule has 0 bridgehead atoms. The number of guanidine groups is 1. The lowest BCUT2D eigenvalue weighted by atomic mass is 10.1. The number of hydrogen-bond donors (Lipinski definition) is 3. The standard InChI is InChI=1S/C22H38N6O.HI/c1-17-8-7-9-19(18(17)2)28-14-12-27(13-15-28)11-10-24-21(23-6)25-16-20(29)26-22(3,4)5;/h7-9H,10-16H2,1-6H3,(H,26,29)(H2,23,24,25);1H. The Kier molecular flexibility index (Phi) is 10.9. The number of rotatable bonds is 6. The minimum Gasteiger partial charge on any atom is -0.369 e. The Balaban J connectivity index is 0.00000450. The van der Waals surface area contributed by atoms with Crippen LogP contribution in [0.5, 0.6) is 0 Å². The molecule has 1 aliphatic rings. The molecule has 1 aromatic carbocycles. The summed E-state index contributed by atoms with van der Waals surface area (Å²) >= 11 is 0. The molecule has 0 saturated carbocycles. The molecular weight excluding hydrogens is 491 g/mol. The van der Waals surface area contributed by atoms with E-state index >= 15 is 0 Å². The van der Waals surface area contributed by atoms with E-state index in [0.717, 1.165) is 39.3 Å². The summed E-state index contributed by atoms with van der Waals surface area (Å²) in [4.78, 5) is 21.1. The van der Waals surface area contributed by atoms with Gasteiger partial charge in [-0.1, -0.05) is 12.1 Å². The molecule has 30 heavy (non-hydrogen) atoms.